The van der Waals surface area contributed by atoms with Crippen molar-refractivity contribution in [2.24, 2.45) is 0 Å². The number of hydrogen-bond acceptors (Lipinski definition) is 3. The molecule has 0 atom stereocenters. The molecule has 0 bridgehead atoms. The van der Waals surface area contributed by atoms with Gasteiger partial charge < -0.3 is 15.1 Å². The molecule has 1 saturated heterocycles. The Morgan fingerprint density at radius 3 is 2.61 bits per heavy atom. The van der Waals surface area contributed by atoms with Gasteiger partial charge in [0, 0.05) is 37.2 Å². The van der Waals surface area contributed by atoms with Crippen LogP contribution in [0.25, 0.3) is 0 Å². The van der Waals surface area contributed by atoms with Crippen molar-refractivity contribution >= 4 is 27.3 Å². The fourth-order valence-electron chi connectivity index (χ4n) is 2.82. The van der Waals surface area contributed by atoms with E-state index in [9.17, 15) is 4.39 Å². The van der Waals surface area contributed by atoms with Gasteiger partial charge in [-0.05, 0) is 42.9 Å². The summed E-state index contributed by atoms with van der Waals surface area (Å²) in [5.74, 6) is -0.209. The van der Waals surface area contributed by atoms with Crippen molar-refractivity contribution in [3.63, 3.8) is 0 Å². The molecule has 2 aromatic rings. The second-order valence-corrected chi connectivity index (χ2v) is 6.85. The van der Waals surface area contributed by atoms with E-state index in [-0.39, 0.29) is 5.82 Å². The first kappa shape index (κ1) is 16.3. The number of benzene rings is 2. The van der Waals surface area contributed by atoms with E-state index in [1.807, 2.05) is 18.2 Å². The van der Waals surface area contributed by atoms with Crippen molar-refractivity contribution in [1.82, 2.24) is 4.90 Å². The minimum absolute atomic E-state index is 0.209. The lowest BCUT2D eigenvalue weighted by Crippen LogP contribution is -2.44. The molecule has 1 heterocycles. The number of nitrogens with zero attached hydrogens (tertiary/aromatic N) is 2. The number of anilines is 2. The summed E-state index contributed by atoms with van der Waals surface area (Å²) in [6, 6.07) is 13.2. The van der Waals surface area contributed by atoms with Crippen LogP contribution in [-0.4, -0.2) is 38.1 Å². The molecular weight excluding hydrogens is 357 g/mol. The lowest BCUT2D eigenvalue weighted by molar-refractivity contribution is 0.313. The zero-order valence-corrected chi connectivity index (χ0v) is 14.8. The predicted molar refractivity (Wildman–Crippen MR) is 97.6 cm³/mol. The first-order chi connectivity index (χ1) is 11.1. The van der Waals surface area contributed by atoms with Gasteiger partial charge in [-0.15, -0.1) is 0 Å². The van der Waals surface area contributed by atoms with Crippen LogP contribution in [0.5, 0.6) is 0 Å². The molecule has 0 spiro atoms. The molecule has 3 nitrogen and oxygen atoms in total. The minimum Gasteiger partial charge on any atom is -0.379 e. The van der Waals surface area contributed by atoms with Crippen LogP contribution in [0.2, 0.25) is 0 Å². The van der Waals surface area contributed by atoms with Crippen LogP contribution in [0.4, 0.5) is 15.8 Å². The Labute approximate surface area is 145 Å². The van der Waals surface area contributed by atoms with Crippen LogP contribution in [-0.2, 0) is 6.54 Å². The highest BCUT2D eigenvalue weighted by molar-refractivity contribution is 9.10. The lowest BCUT2D eigenvalue weighted by atomic mass is 10.2. The van der Waals surface area contributed by atoms with Gasteiger partial charge in [0.2, 0.25) is 0 Å². The number of hydrogen-bond donors (Lipinski definition) is 1. The van der Waals surface area contributed by atoms with Crippen molar-refractivity contribution in [2.75, 3.05) is 43.4 Å². The summed E-state index contributed by atoms with van der Waals surface area (Å²) < 4.78 is 14.7. The fraction of sp³-hybridized carbons (Fsp3) is 0.333. The Hall–Kier alpha value is -1.59. The van der Waals surface area contributed by atoms with Gasteiger partial charge in [0.1, 0.15) is 5.82 Å². The largest absolute Gasteiger partial charge is 0.379 e. The first-order valence-electron chi connectivity index (χ1n) is 7.83. The van der Waals surface area contributed by atoms with E-state index in [1.165, 1.54) is 6.07 Å². The average Bonchev–Trinajstić information content (AvgIpc) is 2.54. The third kappa shape index (κ3) is 4.24. The quantitative estimate of drug-likeness (QED) is 0.869. The Morgan fingerprint density at radius 1 is 1.09 bits per heavy atom. The van der Waals surface area contributed by atoms with Crippen molar-refractivity contribution < 1.29 is 4.39 Å². The zero-order chi connectivity index (χ0) is 16.2. The molecule has 0 saturated carbocycles. The number of halogens is 2. The molecule has 0 radical (unpaired) electrons. The summed E-state index contributed by atoms with van der Waals surface area (Å²) in [5, 5.41) is 3.39. The van der Waals surface area contributed by atoms with Crippen molar-refractivity contribution in [3.8, 4) is 0 Å². The highest BCUT2D eigenvalue weighted by Crippen LogP contribution is 2.28. The third-order valence-corrected chi connectivity index (χ3v) is 4.67. The zero-order valence-electron chi connectivity index (χ0n) is 13.2. The Bertz CT molecular complexity index is 669. The normalized spacial score (nSPS) is 15.7. The summed E-state index contributed by atoms with van der Waals surface area (Å²) in [6.07, 6.45) is 0. The smallest absolute Gasteiger partial charge is 0.125 e. The van der Waals surface area contributed by atoms with Crippen LogP contribution >= 0.6 is 15.9 Å². The molecule has 0 unspecified atom stereocenters. The molecule has 2 aromatic carbocycles. The maximum atomic E-state index is 13.7. The fourth-order valence-corrected chi connectivity index (χ4v) is 3.26. The summed E-state index contributed by atoms with van der Waals surface area (Å²) in [5.41, 5.74) is 3.09. The number of nitrogens with one attached hydrogen (secondary N) is 1. The highest BCUT2D eigenvalue weighted by atomic mass is 79.9. The van der Waals surface area contributed by atoms with Crippen LogP contribution in [0.15, 0.2) is 46.9 Å². The Kier molecular flexibility index (Phi) is 5.18. The Morgan fingerprint density at radius 2 is 1.87 bits per heavy atom. The molecule has 0 amide bonds. The van der Waals surface area contributed by atoms with Crippen molar-refractivity contribution in [2.45, 2.75) is 6.54 Å². The van der Waals surface area contributed by atoms with Crippen molar-refractivity contribution in [1.29, 1.82) is 0 Å². The molecule has 0 aromatic heterocycles. The van der Waals surface area contributed by atoms with Gasteiger partial charge in [-0.1, -0.05) is 28.1 Å². The highest BCUT2D eigenvalue weighted by Gasteiger charge is 2.17. The van der Waals surface area contributed by atoms with Gasteiger partial charge in [0.15, 0.2) is 0 Å². The molecule has 1 aliphatic heterocycles. The van der Waals surface area contributed by atoms with Crippen LogP contribution in [0.3, 0.4) is 0 Å². The maximum absolute atomic E-state index is 13.7. The molecule has 1 N–H and O–H groups in total. The van der Waals surface area contributed by atoms with E-state index in [4.69, 9.17) is 0 Å². The van der Waals surface area contributed by atoms with Gasteiger partial charge >= 0.3 is 0 Å². The number of rotatable bonds is 4. The molecule has 1 fully saturated rings. The summed E-state index contributed by atoms with van der Waals surface area (Å²) in [7, 11) is 2.13. The molecular formula is C18H21BrFN3. The summed E-state index contributed by atoms with van der Waals surface area (Å²) in [4.78, 5) is 4.64. The van der Waals surface area contributed by atoms with Gasteiger partial charge in [-0.25, -0.2) is 4.39 Å². The van der Waals surface area contributed by atoms with Gasteiger partial charge in [0.05, 0.1) is 11.4 Å². The second kappa shape index (κ2) is 7.32. The topological polar surface area (TPSA) is 18.5 Å². The van der Waals surface area contributed by atoms with E-state index < -0.39 is 0 Å². The monoisotopic (exact) mass is 377 g/mol. The van der Waals surface area contributed by atoms with Crippen molar-refractivity contribution in [3.05, 3.63) is 58.3 Å². The van der Waals surface area contributed by atoms with E-state index in [2.05, 4.69) is 50.2 Å². The number of likely N-dealkylation sites (N-methyl/N-ethyl adjacent to an activating group) is 1. The number of piperazine rings is 1. The average molecular weight is 378 g/mol. The first-order valence-corrected chi connectivity index (χ1v) is 8.62. The van der Waals surface area contributed by atoms with E-state index in [0.717, 1.165) is 47.6 Å². The van der Waals surface area contributed by atoms with E-state index >= 15 is 0 Å². The molecule has 122 valence electrons. The summed E-state index contributed by atoms with van der Waals surface area (Å²) >= 11 is 3.48. The van der Waals surface area contributed by atoms with Gasteiger partial charge in [-0.3, -0.25) is 0 Å². The molecule has 0 aliphatic carbocycles. The molecule has 23 heavy (non-hydrogen) atoms. The molecule has 1 aliphatic rings. The molecule has 5 heteroatoms. The maximum Gasteiger partial charge on any atom is 0.125 e. The lowest BCUT2D eigenvalue weighted by Gasteiger charge is -2.35. The second-order valence-electron chi connectivity index (χ2n) is 5.94. The Balaban J connectivity index is 1.76. The van der Waals surface area contributed by atoms with Gasteiger partial charge in [-0.2, -0.15) is 0 Å². The predicted octanol–water partition coefficient (Wildman–Crippen LogP) is 3.95. The SMILES string of the molecule is CN1CCN(c2ccc(F)cc2NCc2cccc(Br)c2)CC1. The van der Waals surface area contributed by atoms with Crippen LogP contribution < -0.4 is 10.2 Å². The van der Waals surface area contributed by atoms with E-state index in [0.29, 0.717) is 6.54 Å². The standard InChI is InChI=1S/C18H21BrFN3/c1-22-7-9-23(10-8-22)18-6-5-16(20)12-17(18)21-13-14-3-2-4-15(19)11-14/h2-6,11-12,21H,7-10,13H2,1H3. The minimum atomic E-state index is -0.209. The third-order valence-electron chi connectivity index (χ3n) is 4.17. The van der Waals surface area contributed by atoms with Gasteiger partial charge in [0.25, 0.3) is 0 Å². The molecule has 3 rings (SSSR count). The van der Waals surface area contributed by atoms with E-state index in [1.54, 1.807) is 6.07 Å². The van der Waals surface area contributed by atoms with Crippen LogP contribution in [0.1, 0.15) is 5.56 Å². The van der Waals surface area contributed by atoms with Crippen LogP contribution in [0, 0.1) is 5.82 Å². The summed E-state index contributed by atoms with van der Waals surface area (Å²) in [6.45, 7) is 4.66.